The van der Waals surface area contributed by atoms with Crippen molar-refractivity contribution < 1.29 is 14.3 Å². The van der Waals surface area contributed by atoms with Crippen LogP contribution in [0.5, 0.6) is 0 Å². The van der Waals surface area contributed by atoms with Crippen LogP contribution in [0.4, 0.5) is 0 Å². The second-order valence-electron chi connectivity index (χ2n) is 5.64. The maximum Gasteiger partial charge on any atom is 0.302 e. The third kappa shape index (κ3) is 3.63. The van der Waals surface area contributed by atoms with Crippen LogP contribution in [0.2, 0.25) is 0 Å². The average Bonchev–Trinajstić information content (AvgIpc) is 2.38. The monoisotopic (exact) mass is 226 g/mol. The zero-order valence-electron chi connectivity index (χ0n) is 10.8. The molecule has 1 saturated heterocycles. The van der Waals surface area contributed by atoms with Crippen molar-refractivity contribution in [2.24, 2.45) is 5.41 Å². The molecule has 0 radical (unpaired) electrons. The molecule has 16 heavy (non-hydrogen) atoms. The van der Waals surface area contributed by atoms with E-state index >= 15 is 0 Å². The fraction of sp³-hybridized carbons (Fsp3) is 0.769. The molecule has 0 spiro atoms. The van der Waals surface area contributed by atoms with E-state index < -0.39 is 0 Å². The number of hydrogen-bond donors (Lipinski definition) is 0. The van der Waals surface area contributed by atoms with Gasteiger partial charge in [0.2, 0.25) is 0 Å². The first-order valence-electron chi connectivity index (χ1n) is 5.66. The summed E-state index contributed by atoms with van der Waals surface area (Å²) in [7, 11) is 0. The number of hydrogen-bond acceptors (Lipinski definition) is 3. The van der Waals surface area contributed by atoms with Gasteiger partial charge in [-0.2, -0.15) is 0 Å². The fourth-order valence-corrected chi connectivity index (χ4v) is 2.51. The topological polar surface area (TPSA) is 35.5 Å². The van der Waals surface area contributed by atoms with Gasteiger partial charge in [0.1, 0.15) is 0 Å². The van der Waals surface area contributed by atoms with Gasteiger partial charge in [-0.25, -0.2) is 0 Å². The lowest BCUT2D eigenvalue weighted by Gasteiger charge is -2.28. The Labute approximate surface area is 97.8 Å². The second kappa shape index (κ2) is 4.58. The predicted molar refractivity (Wildman–Crippen MR) is 63.1 cm³/mol. The molecule has 3 nitrogen and oxygen atoms in total. The lowest BCUT2D eigenvalue weighted by molar-refractivity contribution is -0.144. The molecule has 1 fully saturated rings. The Bertz CT molecular complexity index is 294. The molecule has 3 heteroatoms. The van der Waals surface area contributed by atoms with Gasteiger partial charge in [0.05, 0.1) is 18.8 Å². The van der Waals surface area contributed by atoms with Crippen LogP contribution in [-0.4, -0.2) is 24.8 Å². The van der Waals surface area contributed by atoms with Crippen molar-refractivity contribution in [2.45, 2.75) is 46.1 Å². The average molecular weight is 226 g/mol. The van der Waals surface area contributed by atoms with Gasteiger partial charge in [0.15, 0.2) is 0 Å². The summed E-state index contributed by atoms with van der Waals surface area (Å²) in [6.07, 6.45) is 1.75. The number of rotatable bonds is 4. The van der Waals surface area contributed by atoms with Gasteiger partial charge in [-0.3, -0.25) is 4.79 Å². The molecule has 0 saturated carbocycles. The molecule has 0 N–H and O–H groups in total. The van der Waals surface area contributed by atoms with E-state index in [9.17, 15) is 4.79 Å². The van der Waals surface area contributed by atoms with E-state index in [2.05, 4.69) is 20.4 Å². The highest BCUT2D eigenvalue weighted by Gasteiger charge is 2.45. The van der Waals surface area contributed by atoms with Crippen LogP contribution < -0.4 is 0 Å². The Morgan fingerprint density at radius 3 is 2.44 bits per heavy atom. The lowest BCUT2D eigenvalue weighted by atomic mass is 9.78. The first-order chi connectivity index (χ1) is 7.25. The molecule has 0 amide bonds. The smallest absolute Gasteiger partial charge is 0.302 e. The Hall–Kier alpha value is -0.830. The minimum Gasteiger partial charge on any atom is -0.465 e. The Morgan fingerprint density at radius 1 is 1.44 bits per heavy atom. The standard InChI is InChI=1S/C13H22O3/c1-10(2)6-13(8-15-11(3)14)7-12(4,5)16-9-13/h1,6-9H2,2-5H3. The van der Waals surface area contributed by atoms with Crippen LogP contribution in [0.15, 0.2) is 12.2 Å². The molecule has 0 aromatic heterocycles. The second-order valence-corrected chi connectivity index (χ2v) is 5.64. The van der Waals surface area contributed by atoms with Gasteiger partial charge < -0.3 is 9.47 Å². The molecular weight excluding hydrogens is 204 g/mol. The predicted octanol–water partition coefficient (Wildman–Crippen LogP) is 2.70. The van der Waals surface area contributed by atoms with Crippen molar-refractivity contribution >= 4 is 5.97 Å². The summed E-state index contributed by atoms with van der Waals surface area (Å²) in [5.74, 6) is -0.231. The SMILES string of the molecule is C=C(C)CC1(COC(C)=O)COC(C)(C)C1. The number of carbonyl (C=O) groups is 1. The third-order valence-electron chi connectivity index (χ3n) is 2.83. The minimum atomic E-state index is -0.231. The van der Waals surface area contributed by atoms with Crippen molar-refractivity contribution in [3.05, 3.63) is 12.2 Å². The first kappa shape index (κ1) is 13.2. The summed E-state index contributed by atoms with van der Waals surface area (Å²) in [6, 6.07) is 0. The molecule has 1 unspecified atom stereocenters. The van der Waals surface area contributed by atoms with Crippen LogP contribution in [0.25, 0.3) is 0 Å². The summed E-state index contributed by atoms with van der Waals surface area (Å²) in [5.41, 5.74) is 0.893. The van der Waals surface area contributed by atoms with Gasteiger partial charge in [-0.15, -0.1) is 6.58 Å². The fourth-order valence-electron chi connectivity index (χ4n) is 2.51. The van der Waals surface area contributed by atoms with Gasteiger partial charge in [0.25, 0.3) is 0 Å². The summed E-state index contributed by atoms with van der Waals surface area (Å²) < 4.78 is 10.9. The molecule has 0 aliphatic carbocycles. The highest BCUT2D eigenvalue weighted by Crippen LogP contribution is 2.43. The van der Waals surface area contributed by atoms with E-state index in [-0.39, 0.29) is 17.0 Å². The summed E-state index contributed by atoms with van der Waals surface area (Å²) in [6.45, 7) is 12.6. The van der Waals surface area contributed by atoms with Gasteiger partial charge in [-0.1, -0.05) is 5.57 Å². The maximum absolute atomic E-state index is 10.9. The largest absolute Gasteiger partial charge is 0.465 e. The van der Waals surface area contributed by atoms with Gasteiger partial charge >= 0.3 is 5.97 Å². The van der Waals surface area contributed by atoms with Crippen molar-refractivity contribution in [2.75, 3.05) is 13.2 Å². The molecular formula is C13H22O3. The normalized spacial score (nSPS) is 27.8. The number of carbonyl (C=O) groups excluding carboxylic acids is 1. The summed E-state index contributed by atoms with van der Waals surface area (Å²) in [4.78, 5) is 10.9. The van der Waals surface area contributed by atoms with E-state index in [1.54, 1.807) is 0 Å². The van der Waals surface area contributed by atoms with E-state index in [0.29, 0.717) is 13.2 Å². The van der Waals surface area contributed by atoms with Crippen LogP contribution in [0, 0.1) is 5.41 Å². The molecule has 0 aromatic carbocycles. The zero-order chi connectivity index (χ0) is 12.4. The third-order valence-corrected chi connectivity index (χ3v) is 2.83. The van der Waals surface area contributed by atoms with Crippen LogP contribution in [-0.2, 0) is 14.3 Å². The van der Waals surface area contributed by atoms with Crippen molar-refractivity contribution in [3.63, 3.8) is 0 Å². The van der Waals surface area contributed by atoms with Crippen molar-refractivity contribution in [1.29, 1.82) is 0 Å². The van der Waals surface area contributed by atoms with Gasteiger partial charge in [-0.05, 0) is 33.6 Å². The Kier molecular flexibility index (Phi) is 3.79. The van der Waals surface area contributed by atoms with E-state index in [4.69, 9.17) is 9.47 Å². The van der Waals surface area contributed by atoms with Crippen LogP contribution >= 0.6 is 0 Å². The van der Waals surface area contributed by atoms with Crippen molar-refractivity contribution in [3.8, 4) is 0 Å². The number of allylic oxidation sites excluding steroid dienone is 1. The number of ether oxygens (including phenoxy) is 2. The first-order valence-corrected chi connectivity index (χ1v) is 5.66. The molecule has 1 atom stereocenters. The molecule has 1 aliphatic heterocycles. The Morgan fingerprint density at radius 2 is 2.06 bits per heavy atom. The molecule has 1 rings (SSSR count). The highest BCUT2D eigenvalue weighted by atomic mass is 16.5. The highest BCUT2D eigenvalue weighted by molar-refractivity contribution is 5.65. The molecule has 0 aromatic rings. The van der Waals surface area contributed by atoms with E-state index in [1.807, 2.05) is 6.92 Å². The van der Waals surface area contributed by atoms with Crippen molar-refractivity contribution in [1.82, 2.24) is 0 Å². The zero-order valence-corrected chi connectivity index (χ0v) is 10.8. The molecule has 0 bridgehead atoms. The van der Waals surface area contributed by atoms with Gasteiger partial charge in [0, 0.05) is 12.3 Å². The van der Waals surface area contributed by atoms with E-state index in [1.165, 1.54) is 6.92 Å². The number of esters is 1. The summed E-state index contributed by atoms with van der Waals surface area (Å²) in [5, 5.41) is 0. The molecule has 1 aliphatic rings. The summed E-state index contributed by atoms with van der Waals surface area (Å²) >= 11 is 0. The van der Waals surface area contributed by atoms with Crippen LogP contribution in [0.3, 0.4) is 0 Å². The molecule has 92 valence electrons. The Balaban J connectivity index is 2.70. The maximum atomic E-state index is 10.9. The van der Waals surface area contributed by atoms with Crippen LogP contribution in [0.1, 0.15) is 40.5 Å². The minimum absolute atomic E-state index is 0.0823. The molecule has 1 heterocycles. The lowest BCUT2D eigenvalue weighted by Crippen LogP contribution is -2.30. The van der Waals surface area contributed by atoms with E-state index in [0.717, 1.165) is 18.4 Å². The quantitative estimate of drug-likeness (QED) is 0.546.